The summed E-state index contributed by atoms with van der Waals surface area (Å²) in [6, 6.07) is 0.653. The lowest BCUT2D eigenvalue weighted by Crippen LogP contribution is -2.07. The van der Waals surface area contributed by atoms with E-state index in [1.54, 1.807) is 0 Å². The van der Waals surface area contributed by atoms with Gasteiger partial charge in [0, 0.05) is 0 Å². The third-order valence-electron chi connectivity index (χ3n) is 1.60. The standard InChI is InChI=1S/C6H7N/c1-7-6-4-2-3-5(4)6/h2-3,6-7H,1H3. The molecule has 1 heteroatoms. The van der Waals surface area contributed by atoms with Gasteiger partial charge in [0.1, 0.15) is 0 Å². The summed E-state index contributed by atoms with van der Waals surface area (Å²) in [7, 11) is 1.99. The predicted molar refractivity (Wildman–Crippen MR) is 29.0 cm³/mol. The van der Waals surface area contributed by atoms with Crippen molar-refractivity contribution in [2.45, 2.75) is 6.04 Å². The molecule has 1 fully saturated rings. The van der Waals surface area contributed by atoms with Crippen LogP contribution in [0.25, 0.3) is 0 Å². The van der Waals surface area contributed by atoms with Crippen LogP contribution in [-0.2, 0) is 0 Å². The lowest BCUT2D eigenvalue weighted by molar-refractivity contribution is 0.869. The van der Waals surface area contributed by atoms with Crippen LogP contribution in [0.1, 0.15) is 0 Å². The van der Waals surface area contributed by atoms with Crippen molar-refractivity contribution in [1.82, 2.24) is 5.32 Å². The zero-order valence-corrected chi connectivity index (χ0v) is 4.23. The van der Waals surface area contributed by atoms with Crippen LogP contribution in [0.3, 0.4) is 0 Å². The minimum Gasteiger partial charge on any atom is -0.309 e. The van der Waals surface area contributed by atoms with Gasteiger partial charge in [0.05, 0.1) is 6.04 Å². The molecule has 0 aromatic rings. The average molecular weight is 93.1 g/mol. The summed E-state index contributed by atoms with van der Waals surface area (Å²) < 4.78 is 0. The van der Waals surface area contributed by atoms with Crippen LogP contribution in [0.5, 0.6) is 0 Å². The van der Waals surface area contributed by atoms with Gasteiger partial charge in [-0.15, -0.1) is 0 Å². The fourth-order valence-corrected chi connectivity index (χ4v) is 1.04. The number of hydrogen-bond acceptors (Lipinski definition) is 1. The van der Waals surface area contributed by atoms with Crippen LogP contribution in [-0.4, -0.2) is 13.1 Å². The molecular formula is C6H7N. The SMILES string of the molecule is CNC1C2=CC=C21. The minimum absolute atomic E-state index is 0.653. The van der Waals surface area contributed by atoms with Crippen molar-refractivity contribution in [2.75, 3.05) is 7.05 Å². The van der Waals surface area contributed by atoms with Crippen LogP contribution in [0.15, 0.2) is 23.3 Å². The molecule has 0 aromatic heterocycles. The molecule has 2 aliphatic rings. The fourth-order valence-electron chi connectivity index (χ4n) is 1.04. The van der Waals surface area contributed by atoms with Gasteiger partial charge in [0.25, 0.3) is 0 Å². The number of rotatable bonds is 1. The summed E-state index contributed by atoms with van der Waals surface area (Å²) in [5, 5.41) is 3.16. The number of fused-ring (bicyclic) bond motifs is 1. The van der Waals surface area contributed by atoms with E-state index in [-0.39, 0.29) is 0 Å². The molecule has 1 N–H and O–H groups in total. The van der Waals surface area contributed by atoms with Crippen molar-refractivity contribution in [3.63, 3.8) is 0 Å². The van der Waals surface area contributed by atoms with Gasteiger partial charge in [-0.2, -0.15) is 0 Å². The first-order chi connectivity index (χ1) is 3.43. The van der Waals surface area contributed by atoms with Gasteiger partial charge in [0.2, 0.25) is 0 Å². The van der Waals surface area contributed by atoms with Crippen molar-refractivity contribution in [2.24, 2.45) is 0 Å². The van der Waals surface area contributed by atoms with E-state index in [2.05, 4.69) is 17.5 Å². The van der Waals surface area contributed by atoms with Gasteiger partial charge in [-0.05, 0) is 18.2 Å². The quantitative estimate of drug-likeness (QED) is 0.496. The molecular weight excluding hydrogens is 86.1 g/mol. The first-order valence-electron chi connectivity index (χ1n) is 2.53. The van der Waals surface area contributed by atoms with E-state index < -0.39 is 0 Å². The van der Waals surface area contributed by atoms with Gasteiger partial charge in [-0.3, -0.25) is 0 Å². The van der Waals surface area contributed by atoms with E-state index in [1.165, 1.54) is 11.1 Å². The summed E-state index contributed by atoms with van der Waals surface area (Å²) in [6.07, 6.45) is 4.33. The summed E-state index contributed by atoms with van der Waals surface area (Å²) in [5.41, 5.74) is 3.03. The third-order valence-corrected chi connectivity index (χ3v) is 1.60. The van der Waals surface area contributed by atoms with E-state index in [0.29, 0.717) is 6.04 Å². The molecule has 0 amide bonds. The summed E-state index contributed by atoms with van der Waals surface area (Å²) in [6.45, 7) is 0. The van der Waals surface area contributed by atoms with Crippen molar-refractivity contribution in [1.29, 1.82) is 0 Å². The zero-order valence-electron chi connectivity index (χ0n) is 4.23. The average Bonchev–Trinajstić information content (AvgIpc) is 2.07. The molecule has 1 nitrogen and oxygen atoms in total. The van der Waals surface area contributed by atoms with E-state index >= 15 is 0 Å². The van der Waals surface area contributed by atoms with E-state index in [0.717, 1.165) is 0 Å². The Morgan fingerprint density at radius 2 is 2.00 bits per heavy atom. The van der Waals surface area contributed by atoms with Crippen molar-refractivity contribution < 1.29 is 0 Å². The minimum atomic E-state index is 0.653. The monoisotopic (exact) mass is 93.1 g/mol. The molecule has 0 saturated heterocycles. The molecule has 36 valence electrons. The number of likely N-dealkylation sites (N-methyl/N-ethyl adjacent to an activating group) is 1. The topological polar surface area (TPSA) is 12.0 Å². The Morgan fingerprint density at radius 1 is 1.43 bits per heavy atom. The Hall–Kier alpha value is -0.560. The lowest BCUT2D eigenvalue weighted by atomic mass is 10.3. The highest BCUT2D eigenvalue weighted by Crippen LogP contribution is 2.43. The first kappa shape index (κ1) is 3.44. The summed E-state index contributed by atoms with van der Waals surface area (Å²) >= 11 is 0. The second-order valence-corrected chi connectivity index (χ2v) is 1.97. The normalized spacial score (nSPS) is 24.7. The van der Waals surface area contributed by atoms with Crippen molar-refractivity contribution >= 4 is 0 Å². The summed E-state index contributed by atoms with van der Waals surface area (Å²) in [5.74, 6) is 0. The zero-order chi connectivity index (χ0) is 4.85. The third kappa shape index (κ3) is 0.238. The number of allylic oxidation sites excluding steroid dienone is 2. The molecule has 0 atom stereocenters. The molecule has 2 rings (SSSR count). The van der Waals surface area contributed by atoms with Crippen molar-refractivity contribution in [3.05, 3.63) is 23.3 Å². The predicted octanol–water partition coefficient (Wildman–Crippen LogP) is 0.454. The maximum absolute atomic E-state index is 3.16. The lowest BCUT2D eigenvalue weighted by Gasteiger charge is -1.79. The van der Waals surface area contributed by atoms with Crippen LogP contribution in [0.4, 0.5) is 0 Å². The van der Waals surface area contributed by atoms with Gasteiger partial charge >= 0.3 is 0 Å². The van der Waals surface area contributed by atoms with Crippen LogP contribution in [0, 0.1) is 0 Å². The molecule has 0 radical (unpaired) electrons. The molecule has 1 saturated carbocycles. The van der Waals surface area contributed by atoms with Gasteiger partial charge in [0.15, 0.2) is 0 Å². The van der Waals surface area contributed by atoms with E-state index in [9.17, 15) is 0 Å². The van der Waals surface area contributed by atoms with Gasteiger partial charge in [-0.1, -0.05) is 12.2 Å². The molecule has 0 spiro atoms. The maximum atomic E-state index is 3.16. The van der Waals surface area contributed by atoms with Crippen LogP contribution in [0.2, 0.25) is 0 Å². The molecule has 2 aliphatic carbocycles. The molecule has 7 heavy (non-hydrogen) atoms. The first-order valence-corrected chi connectivity index (χ1v) is 2.53. The number of nitrogens with one attached hydrogen (secondary N) is 1. The molecule has 0 aliphatic heterocycles. The molecule has 0 heterocycles. The van der Waals surface area contributed by atoms with Gasteiger partial charge in [-0.25, -0.2) is 0 Å². The smallest absolute Gasteiger partial charge is 0.0581 e. The Kier molecular flexibility index (Phi) is 0.403. The van der Waals surface area contributed by atoms with Crippen LogP contribution < -0.4 is 5.32 Å². The summed E-state index contributed by atoms with van der Waals surface area (Å²) in [4.78, 5) is 0. The highest BCUT2D eigenvalue weighted by molar-refractivity contribution is 5.69. The highest BCUT2D eigenvalue weighted by atomic mass is 14.9. The Morgan fingerprint density at radius 3 is 2.14 bits per heavy atom. The van der Waals surface area contributed by atoms with E-state index in [4.69, 9.17) is 0 Å². The Bertz CT molecular complexity index is 147. The largest absolute Gasteiger partial charge is 0.309 e. The van der Waals surface area contributed by atoms with Gasteiger partial charge < -0.3 is 5.32 Å². The second-order valence-electron chi connectivity index (χ2n) is 1.97. The second kappa shape index (κ2) is 0.819. The van der Waals surface area contributed by atoms with E-state index in [1.807, 2.05) is 7.05 Å². The van der Waals surface area contributed by atoms with Crippen LogP contribution >= 0.6 is 0 Å². The molecule has 0 bridgehead atoms. The Balaban J connectivity index is 2.21. The molecule has 0 aromatic carbocycles. The maximum Gasteiger partial charge on any atom is 0.0581 e. The Labute approximate surface area is 42.7 Å². The van der Waals surface area contributed by atoms with Crippen molar-refractivity contribution in [3.8, 4) is 0 Å². The fraction of sp³-hybridized carbons (Fsp3) is 0.333. The highest BCUT2D eigenvalue weighted by Gasteiger charge is 2.39. The molecule has 0 unspecified atom stereocenters. The number of hydrogen-bond donors (Lipinski definition) is 1.